The summed E-state index contributed by atoms with van der Waals surface area (Å²) in [5.41, 5.74) is 0.745. The number of benzene rings is 1. The highest BCUT2D eigenvalue weighted by Gasteiger charge is 2.14. The molecule has 0 radical (unpaired) electrons. The van der Waals surface area contributed by atoms with Crippen LogP contribution in [0.15, 0.2) is 36.4 Å². The van der Waals surface area contributed by atoms with Crippen LogP contribution in [0.1, 0.15) is 5.56 Å². The molecule has 0 spiro atoms. The third-order valence-electron chi connectivity index (χ3n) is 2.43. The van der Waals surface area contributed by atoms with Crippen LogP contribution < -0.4 is 9.47 Å². The second kappa shape index (κ2) is 8.38. The molecule has 0 heterocycles. The summed E-state index contributed by atoms with van der Waals surface area (Å²) in [5, 5.41) is 0. The van der Waals surface area contributed by atoms with E-state index in [0.29, 0.717) is 11.5 Å². The fraction of sp³-hybridized carbons (Fsp3) is 0.214. The first kappa shape index (κ1) is 18.0. The van der Waals surface area contributed by atoms with Gasteiger partial charge in [-0.2, -0.15) is 0 Å². The van der Waals surface area contributed by atoms with Gasteiger partial charge in [-0.25, -0.2) is 4.79 Å². The number of ether oxygens (including phenoxy) is 3. The van der Waals surface area contributed by atoms with Gasteiger partial charge in [-0.3, -0.25) is 4.57 Å². The highest BCUT2D eigenvalue weighted by molar-refractivity contribution is 7.51. The van der Waals surface area contributed by atoms with Crippen LogP contribution in [0, 0.1) is 0 Å². The Bertz CT molecular complexity index is 616. The van der Waals surface area contributed by atoms with E-state index in [1.807, 2.05) is 0 Å². The zero-order valence-electron chi connectivity index (χ0n) is 12.1. The number of carbonyl (C=O) groups excluding carboxylic acids is 1. The Morgan fingerprint density at radius 2 is 1.95 bits per heavy atom. The number of esters is 1. The van der Waals surface area contributed by atoms with Crippen LogP contribution in [0.3, 0.4) is 0 Å². The number of hydrogen-bond donors (Lipinski definition) is 2. The van der Waals surface area contributed by atoms with Crippen LogP contribution in [0.2, 0.25) is 0 Å². The molecule has 1 rings (SSSR count). The molecule has 8 heteroatoms. The summed E-state index contributed by atoms with van der Waals surface area (Å²) in [5.74, 6) is 0.450. The minimum Gasteiger partial charge on any atom is -0.497 e. The predicted octanol–water partition coefficient (Wildman–Crippen LogP) is 1.95. The van der Waals surface area contributed by atoms with E-state index in [9.17, 15) is 9.36 Å². The maximum atomic E-state index is 11.2. The van der Waals surface area contributed by atoms with Crippen LogP contribution in [-0.2, 0) is 14.1 Å². The molecular formula is C14H17O7P. The van der Waals surface area contributed by atoms with Crippen molar-refractivity contribution >= 4 is 19.6 Å². The van der Waals surface area contributed by atoms with Crippen molar-refractivity contribution in [2.24, 2.45) is 0 Å². The van der Waals surface area contributed by atoms with Crippen molar-refractivity contribution in [1.29, 1.82) is 0 Å². The number of rotatable bonds is 7. The van der Waals surface area contributed by atoms with Gasteiger partial charge in [0.25, 0.3) is 0 Å². The third kappa shape index (κ3) is 6.58. The number of carbonyl (C=O) groups is 1. The highest BCUT2D eigenvalue weighted by atomic mass is 31.2. The molecule has 0 saturated carbocycles. The van der Waals surface area contributed by atoms with Gasteiger partial charge < -0.3 is 24.0 Å². The van der Waals surface area contributed by atoms with Crippen molar-refractivity contribution in [3.63, 3.8) is 0 Å². The Balaban J connectivity index is 2.67. The van der Waals surface area contributed by atoms with Gasteiger partial charge in [-0.1, -0.05) is 18.2 Å². The van der Waals surface area contributed by atoms with E-state index in [-0.39, 0.29) is 0 Å². The van der Waals surface area contributed by atoms with Crippen molar-refractivity contribution in [2.45, 2.75) is 0 Å². The van der Waals surface area contributed by atoms with Gasteiger partial charge in [0.15, 0.2) is 6.35 Å². The first-order valence-corrected chi connectivity index (χ1v) is 7.93. The Kier molecular flexibility index (Phi) is 6.85. The van der Waals surface area contributed by atoms with E-state index in [4.69, 9.17) is 19.3 Å². The van der Waals surface area contributed by atoms with E-state index in [1.54, 1.807) is 37.5 Å². The molecule has 0 aliphatic rings. The van der Waals surface area contributed by atoms with Gasteiger partial charge in [0.05, 0.1) is 14.2 Å². The Hall–Kier alpha value is -2.08. The fourth-order valence-electron chi connectivity index (χ4n) is 1.46. The SMILES string of the molecule is COc1ccc(OC)c(C=CC=CC(=O)OCP(=O)(O)O)c1. The normalized spacial score (nSPS) is 11.8. The Morgan fingerprint density at radius 1 is 1.23 bits per heavy atom. The molecule has 0 saturated heterocycles. The summed E-state index contributed by atoms with van der Waals surface area (Å²) in [6, 6.07) is 5.26. The van der Waals surface area contributed by atoms with Crippen molar-refractivity contribution in [2.75, 3.05) is 20.6 Å². The lowest BCUT2D eigenvalue weighted by Gasteiger charge is -2.06. The number of allylic oxidation sites excluding steroid dienone is 2. The molecule has 0 bridgehead atoms. The van der Waals surface area contributed by atoms with Crippen LogP contribution in [0.5, 0.6) is 11.5 Å². The second-order valence-electron chi connectivity index (χ2n) is 4.08. The average Bonchev–Trinajstić information content (AvgIpc) is 2.48. The fourth-order valence-corrected chi connectivity index (χ4v) is 1.75. The Morgan fingerprint density at radius 3 is 2.55 bits per heavy atom. The smallest absolute Gasteiger partial charge is 0.362 e. The molecule has 1 aromatic carbocycles. The van der Waals surface area contributed by atoms with Gasteiger partial charge in [-0.05, 0) is 18.2 Å². The lowest BCUT2D eigenvalue weighted by atomic mass is 10.1. The molecule has 0 fully saturated rings. The van der Waals surface area contributed by atoms with E-state index in [1.165, 1.54) is 13.2 Å². The topological polar surface area (TPSA) is 102 Å². The monoisotopic (exact) mass is 328 g/mol. The molecule has 1 aromatic rings. The molecule has 0 aliphatic heterocycles. The summed E-state index contributed by atoms with van der Waals surface area (Å²) >= 11 is 0. The second-order valence-corrected chi connectivity index (χ2v) is 5.67. The Labute approximate surface area is 128 Å². The zero-order chi connectivity index (χ0) is 16.6. The summed E-state index contributed by atoms with van der Waals surface area (Å²) in [4.78, 5) is 28.3. The van der Waals surface area contributed by atoms with Crippen LogP contribution in [0.4, 0.5) is 0 Å². The number of hydrogen-bond acceptors (Lipinski definition) is 5. The summed E-state index contributed by atoms with van der Waals surface area (Å²) in [6.45, 7) is 0. The molecule has 0 atom stereocenters. The van der Waals surface area contributed by atoms with Gasteiger partial charge in [0.2, 0.25) is 0 Å². The quantitative estimate of drug-likeness (QED) is 0.341. The third-order valence-corrected chi connectivity index (χ3v) is 2.90. The maximum Gasteiger partial charge on any atom is 0.362 e. The van der Waals surface area contributed by atoms with E-state index >= 15 is 0 Å². The molecule has 120 valence electrons. The van der Waals surface area contributed by atoms with Crippen molar-refractivity contribution in [3.05, 3.63) is 42.0 Å². The standard InChI is InChI=1S/C14H17O7P/c1-19-12-7-8-13(20-2)11(9-12)5-3-4-6-14(15)21-10-22(16,17)18/h3-9H,10H2,1-2H3,(H2,16,17,18). The van der Waals surface area contributed by atoms with Crippen molar-refractivity contribution in [1.82, 2.24) is 0 Å². The average molecular weight is 328 g/mol. The molecule has 0 amide bonds. The zero-order valence-corrected chi connectivity index (χ0v) is 13.0. The van der Waals surface area contributed by atoms with Crippen molar-refractivity contribution < 1.29 is 33.4 Å². The largest absolute Gasteiger partial charge is 0.497 e. The van der Waals surface area contributed by atoms with E-state index in [0.717, 1.165) is 11.6 Å². The molecule has 7 nitrogen and oxygen atoms in total. The van der Waals surface area contributed by atoms with Crippen LogP contribution >= 0.6 is 7.60 Å². The summed E-state index contributed by atoms with van der Waals surface area (Å²) in [7, 11) is -1.27. The van der Waals surface area contributed by atoms with E-state index in [2.05, 4.69) is 4.74 Å². The molecule has 0 aliphatic carbocycles. The lowest BCUT2D eigenvalue weighted by molar-refractivity contribution is -0.136. The van der Waals surface area contributed by atoms with E-state index < -0.39 is 19.9 Å². The summed E-state index contributed by atoms with van der Waals surface area (Å²) in [6.07, 6.45) is 4.76. The van der Waals surface area contributed by atoms with Gasteiger partial charge in [0.1, 0.15) is 11.5 Å². The predicted molar refractivity (Wildman–Crippen MR) is 80.7 cm³/mol. The molecule has 22 heavy (non-hydrogen) atoms. The van der Waals surface area contributed by atoms with Crippen molar-refractivity contribution in [3.8, 4) is 11.5 Å². The van der Waals surface area contributed by atoms with Gasteiger partial charge >= 0.3 is 13.6 Å². The first-order valence-electron chi connectivity index (χ1n) is 6.14. The lowest BCUT2D eigenvalue weighted by Crippen LogP contribution is -2.02. The molecule has 0 unspecified atom stereocenters. The van der Waals surface area contributed by atoms with Gasteiger partial charge in [-0.15, -0.1) is 0 Å². The minimum atomic E-state index is -4.35. The number of methoxy groups -OCH3 is 2. The molecule has 2 N–H and O–H groups in total. The molecule has 0 aromatic heterocycles. The minimum absolute atomic E-state index is 0.634. The maximum absolute atomic E-state index is 11.2. The van der Waals surface area contributed by atoms with Crippen LogP contribution in [-0.4, -0.2) is 36.3 Å². The van der Waals surface area contributed by atoms with Gasteiger partial charge in [0, 0.05) is 11.6 Å². The first-order chi connectivity index (χ1) is 10.4. The van der Waals surface area contributed by atoms with Crippen LogP contribution in [0.25, 0.3) is 6.08 Å². The highest BCUT2D eigenvalue weighted by Crippen LogP contribution is 2.33. The summed E-state index contributed by atoms with van der Waals surface area (Å²) < 4.78 is 25.2. The molecular weight excluding hydrogens is 311 g/mol.